The van der Waals surface area contributed by atoms with Gasteiger partial charge >= 0.3 is 0 Å². The van der Waals surface area contributed by atoms with Gasteiger partial charge in [0.2, 0.25) is 0 Å². The van der Waals surface area contributed by atoms with E-state index in [2.05, 4.69) is 24.1 Å². The monoisotopic (exact) mass is 170 g/mol. The standard InChI is InChI=1S/C8H10S2/c9-7-2-1-3-8-6(7)4-5-10-8/h4-5,7,9H,1-3H2. The highest BCUT2D eigenvalue weighted by Crippen LogP contribution is 2.36. The first-order valence-corrected chi connectivity index (χ1v) is 5.02. The summed E-state index contributed by atoms with van der Waals surface area (Å²) in [7, 11) is 0. The van der Waals surface area contributed by atoms with Crippen molar-refractivity contribution in [3.05, 3.63) is 21.9 Å². The SMILES string of the molecule is SC1CCCc2sccc21. The number of rotatable bonds is 0. The number of hydrogen-bond acceptors (Lipinski definition) is 2. The zero-order chi connectivity index (χ0) is 6.97. The maximum absolute atomic E-state index is 4.51. The molecule has 1 heterocycles. The molecule has 1 aromatic heterocycles. The average molecular weight is 170 g/mol. The first-order chi connectivity index (χ1) is 4.88. The summed E-state index contributed by atoms with van der Waals surface area (Å²) in [5.41, 5.74) is 1.49. The van der Waals surface area contributed by atoms with Crippen molar-refractivity contribution in [2.75, 3.05) is 0 Å². The Labute approximate surface area is 70.7 Å². The predicted molar refractivity (Wildman–Crippen MR) is 49.0 cm³/mol. The van der Waals surface area contributed by atoms with E-state index >= 15 is 0 Å². The van der Waals surface area contributed by atoms with Crippen LogP contribution < -0.4 is 0 Å². The third-order valence-corrected chi connectivity index (χ3v) is 3.55. The lowest BCUT2D eigenvalue weighted by Gasteiger charge is -2.16. The summed E-state index contributed by atoms with van der Waals surface area (Å²) in [6, 6.07) is 2.22. The molecule has 2 rings (SSSR count). The molecule has 0 spiro atoms. The van der Waals surface area contributed by atoms with Gasteiger partial charge in [0.1, 0.15) is 0 Å². The van der Waals surface area contributed by atoms with Crippen LogP contribution >= 0.6 is 24.0 Å². The van der Waals surface area contributed by atoms with Gasteiger partial charge in [-0.1, -0.05) is 0 Å². The van der Waals surface area contributed by atoms with Crippen molar-refractivity contribution < 1.29 is 0 Å². The minimum absolute atomic E-state index is 0.523. The van der Waals surface area contributed by atoms with Gasteiger partial charge in [0.15, 0.2) is 0 Å². The Hall–Kier alpha value is 0.0500. The van der Waals surface area contributed by atoms with Crippen LogP contribution in [0.2, 0.25) is 0 Å². The minimum atomic E-state index is 0.523. The van der Waals surface area contributed by atoms with Crippen molar-refractivity contribution in [2.24, 2.45) is 0 Å². The van der Waals surface area contributed by atoms with Gasteiger partial charge in [0, 0.05) is 10.1 Å². The Bertz CT molecular complexity index is 227. The van der Waals surface area contributed by atoms with Crippen LogP contribution in [0.3, 0.4) is 0 Å². The maximum Gasteiger partial charge on any atom is 0.0278 e. The lowest BCUT2D eigenvalue weighted by molar-refractivity contribution is 0.688. The van der Waals surface area contributed by atoms with Crippen LogP contribution in [0.15, 0.2) is 11.4 Å². The molecule has 0 amide bonds. The molecule has 1 aliphatic carbocycles. The van der Waals surface area contributed by atoms with Gasteiger partial charge in [-0.05, 0) is 36.3 Å². The molecule has 0 aliphatic heterocycles. The topological polar surface area (TPSA) is 0 Å². The van der Waals surface area contributed by atoms with E-state index < -0.39 is 0 Å². The van der Waals surface area contributed by atoms with Crippen LogP contribution in [0.25, 0.3) is 0 Å². The second kappa shape index (κ2) is 2.59. The largest absolute Gasteiger partial charge is 0.171 e. The fourth-order valence-electron chi connectivity index (χ4n) is 1.46. The molecular weight excluding hydrogens is 160 g/mol. The number of aryl methyl sites for hydroxylation is 1. The third-order valence-electron chi connectivity index (χ3n) is 2.02. The summed E-state index contributed by atoms with van der Waals surface area (Å²) >= 11 is 6.39. The summed E-state index contributed by atoms with van der Waals surface area (Å²) in [5.74, 6) is 0. The fourth-order valence-corrected chi connectivity index (χ4v) is 2.96. The molecule has 0 nitrogen and oxygen atoms in total. The molecule has 0 bridgehead atoms. The second-order valence-corrected chi connectivity index (χ2v) is 4.33. The van der Waals surface area contributed by atoms with Crippen LogP contribution in [0.5, 0.6) is 0 Å². The molecule has 2 heteroatoms. The van der Waals surface area contributed by atoms with Crippen LogP contribution in [-0.4, -0.2) is 0 Å². The van der Waals surface area contributed by atoms with Crippen molar-refractivity contribution in [2.45, 2.75) is 24.5 Å². The minimum Gasteiger partial charge on any atom is -0.171 e. The van der Waals surface area contributed by atoms with E-state index in [0.29, 0.717) is 5.25 Å². The first-order valence-electron chi connectivity index (χ1n) is 3.62. The molecule has 0 N–H and O–H groups in total. The maximum atomic E-state index is 4.51. The van der Waals surface area contributed by atoms with Gasteiger partial charge in [-0.25, -0.2) is 0 Å². The highest BCUT2D eigenvalue weighted by molar-refractivity contribution is 7.80. The van der Waals surface area contributed by atoms with E-state index in [1.54, 1.807) is 4.88 Å². The highest BCUT2D eigenvalue weighted by Gasteiger charge is 2.16. The number of thiophene rings is 1. The van der Waals surface area contributed by atoms with Crippen LogP contribution in [0.4, 0.5) is 0 Å². The normalized spacial score (nSPS) is 24.3. The van der Waals surface area contributed by atoms with Crippen LogP contribution in [-0.2, 0) is 6.42 Å². The highest BCUT2D eigenvalue weighted by atomic mass is 32.1. The molecule has 0 aromatic carbocycles. The van der Waals surface area contributed by atoms with Crippen LogP contribution in [0.1, 0.15) is 28.5 Å². The van der Waals surface area contributed by atoms with Crippen molar-refractivity contribution in [1.29, 1.82) is 0 Å². The van der Waals surface area contributed by atoms with E-state index in [0.717, 1.165) is 0 Å². The lowest BCUT2D eigenvalue weighted by Crippen LogP contribution is -2.00. The van der Waals surface area contributed by atoms with Gasteiger partial charge in [0.05, 0.1) is 0 Å². The van der Waals surface area contributed by atoms with E-state index in [1.807, 2.05) is 11.3 Å². The van der Waals surface area contributed by atoms with Crippen molar-refractivity contribution >= 4 is 24.0 Å². The van der Waals surface area contributed by atoms with Crippen molar-refractivity contribution in [1.82, 2.24) is 0 Å². The second-order valence-electron chi connectivity index (χ2n) is 2.71. The Balaban J connectivity index is 2.41. The van der Waals surface area contributed by atoms with E-state index in [4.69, 9.17) is 0 Å². The molecule has 0 radical (unpaired) electrons. The molecule has 1 unspecified atom stereocenters. The summed E-state index contributed by atoms with van der Waals surface area (Å²) in [5, 5.41) is 2.70. The molecule has 10 heavy (non-hydrogen) atoms. The first kappa shape index (κ1) is 6.74. The Kier molecular flexibility index (Phi) is 1.75. The van der Waals surface area contributed by atoms with Crippen LogP contribution in [0, 0.1) is 0 Å². The molecular formula is C8H10S2. The average Bonchev–Trinajstić information content (AvgIpc) is 2.36. The number of hydrogen-bond donors (Lipinski definition) is 1. The van der Waals surface area contributed by atoms with Crippen molar-refractivity contribution in [3.63, 3.8) is 0 Å². The summed E-state index contributed by atoms with van der Waals surface area (Å²) in [6.45, 7) is 0. The van der Waals surface area contributed by atoms with E-state index in [9.17, 15) is 0 Å². The van der Waals surface area contributed by atoms with Gasteiger partial charge in [-0.3, -0.25) is 0 Å². The van der Waals surface area contributed by atoms with E-state index in [1.165, 1.54) is 24.8 Å². The number of thiol groups is 1. The molecule has 1 aliphatic rings. The summed E-state index contributed by atoms with van der Waals surface area (Å²) < 4.78 is 0. The predicted octanol–water partition coefficient (Wildman–Crippen LogP) is 3.06. The lowest BCUT2D eigenvalue weighted by atomic mass is 9.99. The van der Waals surface area contributed by atoms with E-state index in [-0.39, 0.29) is 0 Å². The zero-order valence-electron chi connectivity index (χ0n) is 5.71. The summed E-state index contributed by atoms with van der Waals surface area (Å²) in [4.78, 5) is 1.56. The smallest absolute Gasteiger partial charge is 0.0278 e. The molecule has 1 aromatic rings. The van der Waals surface area contributed by atoms with Gasteiger partial charge in [-0.15, -0.1) is 11.3 Å². The molecule has 0 saturated carbocycles. The quantitative estimate of drug-likeness (QED) is 0.568. The van der Waals surface area contributed by atoms with Gasteiger partial charge in [0.25, 0.3) is 0 Å². The molecule has 1 atom stereocenters. The van der Waals surface area contributed by atoms with Gasteiger partial charge in [-0.2, -0.15) is 12.6 Å². The fraction of sp³-hybridized carbons (Fsp3) is 0.500. The molecule has 0 saturated heterocycles. The molecule has 54 valence electrons. The zero-order valence-corrected chi connectivity index (χ0v) is 7.42. The number of fused-ring (bicyclic) bond motifs is 1. The Morgan fingerprint density at radius 3 is 3.30 bits per heavy atom. The Morgan fingerprint density at radius 1 is 1.60 bits per heavy atom. The Morgan fingerprint density at radius 2 is 2.50 bits per heavy atom. The third kappa shape index (κ3) is 0.995. The molecule has 0 fully saturated rings. The van der Waals surface area contributed by atoms with Gasteiger partial charge < -0.3 is 0 Å². The van der Waals surface area contributed by atoms with Crippen molar-refractivity contribution in [3.8, 4) is 0 Å². The summed E-state index contributed by atoms with van der Waals surface area (Å²) in [6.07, 6.45) is 3.86.